The van der Waals surface area contributed by atoms with E-state index in [0.717, 1.165) is 25.2 Å². The number of hydrogen-bond donors (Lipinski definition) is 2. The Morgan fingerprint density at radius 2 is 1.81 bits per heavy atom. The third kappa shape index (κ3) is 2.67. The first-order valence-corrected chi connectivity index (χ1v) is 6.01. The summed E-state index contributed by atoms with van der Waals surface area (Å²) in [6.45, 7) is 2.51. The van der Waals surface area contributed by atoms with Crippen molar-refractivity contribution in [1.29, 1.82) is 0 Å². The zero-order chi connectivity index (χ0) is 11.4. The first-order valence-electron chi connectivity index (χ1n) is 6.01. The van der Waals surface area contributed by atoms with Crippen molar-refractivity contribution in [3.05, 3.63) is 24.3 Å². The van der Waals surface area contributed by atoms with Crippen LogP contribution in [0.15, 0.2) is 24.3 Å². The maximum atomic E-state index is 8.90. The molecule has 3 nitrogen and oxygen atoms in total. The fourth-order valence-corrected chi connectivity index (χ4v) is 2.35. The Bertz CT molecular complexity index is 315. The molecule has 0 spiro atoms. The zero-order valence-corrected chi connectivity index (χ0v) is 9.60. The maximum absolute atomic E-state index is 8.90. The second kappa shape index (κ2) is 5.21. The van der Waals surface area contributed by atoms with Gasteiger partial charge in [0.1, 0.15) is 0 Å². The molecular formula is C13H20N2O. The number of aliphatic hydroxyl groups is 1. The molecule has 3 N–H and O–H groups in total. The van der Waals surface area contributed by atoms with Gasteiger partial charge in [0, 0.05) is 31.1 Å². The molecule has 1 aliphatic heterocycles. The van der Waals surface area contributed by atoms with Crippen LogP contribution in [0.25, 0.3) is 0 Å². The van der Waals surface area contributed by atoms with Gasteiger partial charge in [-0.05, 0) is 49.4 Å². The van der Waals surface area contributed by atoms with E-state index in [2.05, 4.69) is 17.0 Å². The van der Waals surface area contributed by atoms with Crippen LogP contribution >= 0.6 is 0 Å². The number of nitrogens with two attached hydrogens (primary N) is 1. The minimum Gasteiger partial charge on any atom is -0.399 e. The van der Waals surface area contributed by atoms with Crippen LogP contribution < -0.4 is 10.6 Å². The number of nitrogen functional groups attached to an aromatic ring is 1. The molecule has 3 heteroatoms. The van der Waals surface area contributed by atoms with Crippen LogP contribution in [0.5, 0.6) is 0 Å². The highest BCUT2D eigenvalue weighted by molar-refractivity contribution is 5.53. The van der Waals surface area contributed by atoms with Gasteiger partial charge >= 0.3 is 0 Å². The molecule has 1 aromatic rings. The lowest BCUT2D eigenvalue weighted by Crippen LogP contribution is -2.33. The highest BCUT2D eigenvalue weighted by Crippen LogP contribution is 2.25. The van der Waals surface area contributed by atoms with Crippen LogP contribution in [-0.2, 0) is 0 Å². The van der Waals surface area contributed by atoms with Gasteiger partial charge in [0.15, 0.2) is 0 Å². The molecule has 1 heterocycles. The molecule has 1 aromatic carbocycles. The number of hydrogen-bond acceptors (Lipinski definition) is 3. The lowest BCUT2D eigenvalue weighted by molar-refractivity contribution is 0.240. The van der Waals surface area contributed by atoms with Gasteiger partial charge in [-0.3, -0.25) is 0 Å². The van der Waals surface area contributed by atoms with E-state index >= 15 is 0 Å². The predicted octanol–water partition coefficient (Wildman–Crippen LogP) is 1.87. The molecule has 1 saturated heterocycles. The fourth-order valence-electron chi connectivity index (χ4n) is 2.35. The molecule has 0 aliphatic carbocycles. The quantitative estimate of drug-likeness (QED) is 0.764. The molecule has 2 rings (SSSR count). The number of anilines is 2. The lowest BCUT2D eigenvalue weighted by atomic mass is 9.93. The SMILES string of the molecule is Nc1ccc(N2CCC(CCO)CC2)cc1. The first-order chi connectivity index (χ1) is 7.79. The molecule has 0 saturated carbocycles. The van der Waals surface area contributed by atoms with Crippen molar-refractivity contribution in [1.82, 2.24) is 0 Å². The Kier molecular flexibility index (Phi) is 3.67. The number of aliphatic hydroxyl groups excluding tert-OH is 1. The third-order valence-electron chi connectivity index (χ3n) is 3.41. The van der Waals surface area contributed by atoms with E-state index < -0.39 is 0 Å². The van der Waals surface area contributed by atoms with Crippen LogP contribution in [0.4, 0.5) is 11.4 Å². The summed E-state index contributed by atoms with van der Waals surface area (Å²) in [5.41, 5.74) is 7.75. The van der Waals surface area contributed by atoms with Crippen LogP contribution in [0.1, 0.15) is 19.3 Å². The van der Waals surface area contributed by atoms with Crippen LogP contribution in [0.2, 0.25) is 0 Å². The van der Waals surface area contributed by atoms with Crippen LogP contribution in [-0.4, -0.2) is 24.8 Å². The average Bonchev–Trinajstić information content (AvgIpc) is 2.32. The van der Waals surface area contributed by atoms with Gasteiger partial charge in [0.05, 0.1) is 0 Å². The maximum Gasteiger partial charge on any atom is 0.0433 e. The first kappa shape index (κ1) is 11.3. The molecule has 16 heavy (non-hydrogen) atoms. The predicted molar refractivity (Wildman–Crippen MR) is 67.5 cm³/mol. The monoisotopic (exact) mass is 220 g/mol. The lowest BCUT2D eigenvalue weighted by Gasteiger charge is -2.33. The van der Waals surface area contributed by atoms with E-state index in [-0.39, 0.29) is 0 Å². The summed E-state index contributed by atoms with van der Waals surface area (Å²) in [5, 5.41) is 8.90. The summed E-state index contributed by atoms with van der Waals surface area (Å²) in [6.07, 6.45) is 3.32. The van der Waals surface area contributed by atoms with E-state index in [1.54, 1.807) is 0 Å². The van der Waals surface area contributed by atoms with Gasteiger partial charge in [-0.2, -0.15) is 0 Å². The Hall–Kier alpha value is -1.22. The van der Waals surface area contributed by atoms with Gasteiger partial charge in [0.25, 0.3) is 0 Å². The Labute approximate surface area is 96.9 Å². The second-order valence-corrected chi connectivity index (χ2v) is 4.53. The molecule has 1 aliphatic rings. The van der Waals surface area contributed by atoms with Crippen LogP contribution in [0, 0.1) is 5.92 Å². The molecule has 0 atom stereocenters. The Balaban J connectivity index is 1.91. The summed E-state index contributed by atoms with van der Waals surface area (Å²) in [6, 6.07) is 8.08. The molecule has 0 aromatic heterocycles. The standard InChI is InChI=1S/C13H20N2O/c14-12-1-3-13(4-2-12)15-8-5-11(6-9-15)7-10-16/h1-4,11,16H,5-10,14H2. The topological polar surface area (TPSA) is 49.5 Å². The van der Waals surface area contributed by atoms with Gasteiger partial charge in [0.2, 0.25) is 0 Å². The van der Waals surface area contributed by atoms with Crippen molar-refractivity contribution in [3.8, 4) is 0 Å². The smallest absolute Gasteiger partial charge is 0.0433 e. The second-order valence-electron chi connectivity index (χ2n) is 4.53. The van der Waals surface area contributed by atoms with E-state index in [4.69, 9.17) is 10.8 Å². The molecule has 0 unspecified atom stereocenters. The summed E-state index contributed by atoms with van der Waals surface area (Å²) < 4.78 is 0. The number of nitrogens with zero attached hydrogens (tertiary/aromatic N) is 1. The van der Waals surface area contributed by atoms with Crippen molar-refractivity contribution in [2.24, 2.45) is 5.92 Å². The van der Waals surface area contributed by atoms with E-state index in [1.165, 1.54) is 18.5 Å². The molecule has 0 bridgehead atoms. The van der Waals surface area contributed by atoms with E-state index in [0.29, 0.717) is 12.5 Å². The third-order valence-corrected chi connectivity index (χ3v) is 3.41. The number of benzene rings is 1. The normalized spacial score (nSPS) is 17.7. The highest BCUT2D eigenvalue weighted by Gasteiger charge is 2.18. The van der Waals surface area contributed by atoms with Gasteiger partial charge < -0.3 is 15.7 Å². The minimum atomic E-state index is 0.326. The minimum absolute atomic E-state index is 0.326. The Morgan fingerprint density at radius 3 is 2.38 bits per heavy atom. The van der Waals surface area contributed by atoms with Gasteiger partial charge in [-0.25, -0.2) is 0 Å². The van der Waals surface area contributed by atoms with Gasteiger partial charge in [-0.1, -0.05) is 0 Å². The van der Waals surface area contributed by atoms with Crippen molar-refractivity contribution in [3.63, 3.8) is 0 Å². The highest BCUT2D eigenvalue weighted by atomic mass is 16.3. The van der Waals surface area contributed by atoms with Crippen molar-refractivity contribution >= 4 is 11.4 Å². The summed E-state index contributed by atoms with van der Waals surface area (Å²) in [5.74, 6) is 0.704. The summed E-state index contributed by atoms with van der Waals surface area (Å²) >= 11 is 0. The number of rotatable bonds is 3. The largest absolute Gasteiger partial charge is 0.399 e. The molecule has 0 amide bonds. The summed E-state index contributed by atoms with van der Waals surface area (Å²) in [7, 11) is 0. The molecule has 1 fully saturated rings. The molecule has 88 valence electrons. The van der Waals surface area contributed by atoms with Crippen LogP contribution in [0.3, 0.4) is 0 Å². The average molecular weight is 220 g/mol. The molecule has 0 radical (unpaired) electrons. The zero-order valence-electron chi connectivity index (χ0n) is 9.60. The Morgan fingerprint density at radius 1 is 1.19 bits per heavy atom. The van der Waals surface area contributed by atoms with Gasteiger partial charge in [-0.15, -0.1) is 0 Å². The fraction of sp³-hybridized carbons (Fsp3) is 0.538. The van der Waals surface area contributed by atoms with Crippen molar-refractivity contribution in [2.75, 3.05) is 30.3 Å². The van der Waals surface area contributed by atoms with Crippen molar-refractivity contribution in [2.45, 2.75) is 19.3 Å². The van der Waals surface area contributed by atoms with E-state index in [1.807, 2.05) is 12.1 Å². The van der Waals surface area contributed by atoms with E-state index in [9.17, 15) is 0 Å². The molecular weight excluding hydrogens is 200 g/mol. The summed E-state index contributed by atoms with van der Waals surface area (Å²) in [4.78, 5) is 2.40. The van der Waals surface area contributed by atoms with Crippen molar-refractivity contribution < 1.29 is 5.11 Å². The number of piperidine rings is 1.